The van der Waals surface area contributed by atoms with Gasteiger partial charge in [0.1, 0.15) is 6.54 Å². The number of aliphatic imine (C=N–C) groups is 1. The number of halogens is 1. The molecule has 2 rings (SSSR count). The van der Waals surface area contributed by atoms with Crippen LogP contribution < -0.4 is 10.6 Å². The molecule has 2 saturated heterocycles. The number of rotatable bonds is 10. The summed E-state index contributed by atoms with van der Waals surface area (Å²) in [5.74, 6) is 0.703. The summed E-state index contributed by atoms with van der Waals surface area (Å²) in [6.07, 6.45) is 4.59. The van der Waals surface area contributed by atoms with Gasteiger partial charge in [-0.2, -0.15) is 0 Å². The molecule has 2 heterocycles. The molecule has 28 heavy (non-hydrogen) atoms. The van der Waals surface area contributed by atoms with Crippen molar-refractivity contribution in [1.29, 1.82) is 0 Å². The van der Waals surface area contributed by atoms with Crippen molar-refractivity contribution in [2.24, 2.45) is 4.99 Å². The molecule has 2 aliphatic heterocycles. The average Bonchev–Trinajstić information content (AvgIpc) is 3.33. The second kappa shape index (κ2) is 14.4. The normalized spacial score (nSPS) is 22.8. The van der Waals surface area contributed by atoms with Crippen molar-refractivity contribution < 1.29 is 14.3 Å². The molecule has 2 aliphatic rings. The summed E-state index contributed by atoms with van der Waals surface area (Å²) < 4.78 is 11.1. The van der Waals surface area contributed by atoms with Gasteiger partial charge in [0.05, 0.1) is 12.7 Å². The number of nitrogens with zero attached hydrogens (tertiary/aromatic N) is 3. The van der Waals surface area contributed by atoms with E-state index in [4.69, 9.17) is 9.47 Å². The molecule has 0 aromatic heterocycles. The monoisotopic (exact) mass is 511 g/mol. The van der Waals surface area contributed by atoms with E-state index in [1.165, 1.54) is 19.4 Å². The first-order chi connectivity index (χ1) is 13.1. The highest BCUT2D eigenvalue weighted by Crippen LogP contribution is 2.15. The number of carbonyl (C=O) groups excluding carboxylic acids is 1. The van der Waals surface area contributed by atoms with Crippen LogP contribution in [0, 0.1) is 0 Å². The number of amides is 1. The van der Waals surface area contributed by atoms with Gasteiger partial charge in [0, 0.05) is 46.4 Å². The molecule has 2 fully saturated rings. The number of nitrogens with one attached hydrogen (secondary N) is 2. The van der Waals surface area contributed by atoms with E-state index in [2.05, 4.69) is 27.4 Å². The molecule has 0 aliphatic carbocycles. The first-order valence-electron chi connectivity index (χ1n) is 10.3. The highest BCUT2D eigenvalue weighted by molar-refractivity contribution is 14.0. The van der Waals surface area contributed by atoms with Crippen molar-refractivity contribution in [2.75, 3.05) is 66.6 Å². The minimum Gasteiger partial charge on any atom is -0.379 e. The molecule has 0 saturated carbocycles. The predicted molar refractivity (Wildman–Crippen MR) is 122 cm³/mol. The molecule has 8 nitrogen and oxygen atoms in total. The first-order valence-corrected chi connectivity index (χ1v) is 10.3. The Kier molecular flexibility index (Phi) is 13.0. The van der Waals surface area contributed by atoms with Gasteiger partial charge in [-0.15, -0.1) is 24.0 Å². The molecule has 0 spiro atoms. The number of likely N-dealkylation sites (N-methyl/N-ethyl adjacent to an activating group) is 2. The molecular weight excluding hydrogens is 473 g/mol. The van der Waals surface area contributed by atoms with Crippen molar-refractivity contribution >= 4 is 35.8 Å². The summed E-state index contributed by atoms with van der Waals surface area (Å²) in [6.45, 7) is 8.44. The summed E-state index contributed by atoms with van der Waals surface area (Å²) in [5, 5.41) is 6.75. The zero-order chi connectivity index (χ0) is 19.5. The highest BCUT2D eigenvalue weighted by Gasteiger charge is 2.22. The summed E-state index contributed by atoms with van der Waals surface area (Å²) in [7, 11) is 3.50. The van der Waals surface area contributed by atoms with E-state index in [1.807, 2.05) is 0 Å². The highest BCUT2D eigenvalue weighted by atomic mass is 127. The van der Waals surface area contributed by atoms with Crippen molar-refractivity contribution in [3.05, 3.63) is 0 Å². The van der Waals surface area contributed by atoms with Gasteiger partial charge >= 0.3 is 0 Å². The molecule has 2 unspecified atom stereocenters. The molecule has 1 amide bonds. The molecule has 0 bridgehead atoms. The Balaban J connectivity index is 0.00000392. The smallest absolute Gasteiger partial charge is 0.243 e. The third-order valence-electron chi connectivity index (χ3n) is 5.14. The Bertz CT molecular complexity index is 472. The van der Waals surface area contributed by atoms with Gasteiger partial charge < -0.3 is 25.0 Å². The zero-order valence-corrected chi connectivity index (χ0v) is 19.9. The van der Waals surface area contributed by atoms with Gasteiger partial charge in [0.15, 0.2) is 5.96 Å². The number of likely N-dealkylation sites (tertiary alicyclic amines) is 1. The van der Waals surface area contributed by atoms with Crippen molar-refractivity contribution in [3.8, 4) is 0 Å². The Morgan fingerprint density at radius 3 is 2.82 bits per heavy atom. The molecular formula is C19H38IN5O3. The number of hydrogen-bond acceptors (Lipinski definition) is 5. The molecule has 0 aromatic rings. The van der Waals surface area contributed by atoms with Crippen LogP contribution in [0.4, 0.5) is 0 Å². The third kappa shape index (κ3) is 9.23. The lowest BCUT2D eigenvalue weighted by molar-refractivity contribution is -0.127. The molecule has 2 atom stereocenters. The lowest BCUT2D eigenvalue weighted by Crippen LogP contribution is -2.45. The standard InChI is InChI=1S/C19H37N5O3.HI/c1-4-24-10-5-7-16(24)13-21-19(22-14-18(25)23(2)3)20-9-6-11-27-17-8-12-26-15-17;/h16-17H,4-15H2,1-3H3,(H2,20,21,22);1H. The van der Waals surface area contributed by atoms with Crippen LogP contribution in [0.5, 0.6) is 0 Å². The lowest BCUT2D eigenvalue weighted by atomic mass is 10.2. The Labute approximate surface area is 186 Å². The lowest BCUT2D eigenvalue weighted by Gasteiger charge is -2.24. The molecule has 0 radical (unpaired) electrons. The molecule has 0 aromatic carbocycles. The van der Waals surface area contributed by atoms with E-state index in [0.717, 1.165) is 39.1 Å². The van der Waals surface area contributed by atoms with Crippen LogP contribution in [0.2, 0.25) is 0 Å². The topological polar surface area (TPSA) is 78.4 Å². The Morgan fingerprint density at radius 2 is 2.14 bits per heavy atom. The maximum Gasteiger partial charge on any atom is 0.243 e. The fraction of sp³-hybridized carbons (Fsp3) is 0.895. The van der Waals surface area contributed by atoms with Gasteiger partial charge in [0.25, 0.3) is 0 Å². The number of ether oxygens (including phenoxy) is 2. The van der Waals surface area contributed by atoms with Crippen LogP contribution >= 0.6 is 24.0 Å². The van der Waals surface area contributed by atoms with Gasteiger partial charge in [-0.1, -0.05) is 6.92 Å². The van der Waals surface area contributed by atoms with E-state index >= 15 is 0 Å². The second-order valence-corrected chi connectivity index (χ2v) is 7.40. The number of hydrogen-bond donors (Lipinski definition) is 2. The SMILES string of the molecule is CCN1CCCC1CNC(=NCC(=O)N(C)C)NCCCOC1CCOC1.I. The van der Waals surface area contributed by atoms with Gasteiger partial charge in [0.2, 0.25) is 5.91 Å². The van der Waals surface area contributed by atoms with Crippen LogP contribution in [0.1, 0.15) is 32.6 Å². The zero-order valence-electron chi connectivity index (χ0n) is 17.6. The minimum atomic E-state index is -0.00304. The van der Waals surface area contributed by atoms with Gasteiger partial charge in [-0.3, -0.25) is 9.69 Å². The maximum absolute atomic E-state index is 11.9. The summed E-state index contributed by atoms with van der Waals surface area (Å²) in [6, 6.07) is 0.539. The minimum absolute atomic E-state index is 0. The number of guanidine groups is 1. The molecule has 9 heteroatoms. The summed E-state index contributed by atoms with van der Waals surface area (Å²) >= 11 is 0. The van der Waals surface area contributed by atoms with Gasteiger partial charge in [-0.05, 0) is 38.8 Å². The fourth-order valence-electron chi connectivity index (χ4n) is 3.39. The van der Waals surface area contributed by atoms with Crippen LogP contribution in [-0.4, -0.2) is 100 Å². The summed E-state index contributed by atoms with van der Waals surface area (Å²) in [4.78, 5) is 20.4. The molecule has 2 N–H and O–H groups in total. The van der Waals surface area contributed by atoms with E-state index in [9.17, 15) is 4.79 Å². The van der Waals surface area contributed by atoms with Crippen LogP contribution in [0.3, 0.4) is 0 Å². The Hall–Kier alpha value is -0.650. The van der Waals surface area contributed by atoms with E-state index < -0.39 is 0 Å². The van der Waals surface area contributed by atoms with E-state index in [-0.39, 0.29) is 42.5 Å². The maximum atomic E-state index is 11.9. The number of carbonyl (C=O) groups is 1. The van der Waals surface area contributed by atoms with Crippen LogP contribution in [0.25, 0.3) is 0 Å². The van der Waals surface area contributed by atoms with E-state index in [1.54, 1.807) is 19.0 Å². The third-order valence-corrected chi connectivity index (χ3v) is 5.14. The van der Waals surface area contributed by atoms with Crippen molar-refractivity contribution in [3.63, 3.8) is 0 Å². The van der Waals surface area contributed by atoms with Crippen molar-refractivity contribution in [1.82, 2.24) is 20.4 Å². The Morgan fingerprint density at radius 1 is 1.32 bits per heavy atom. The van der Waals surface area contributed by atoms with Crippen molar-refractivity contribution in [2.45, 2.75) is 44.8 Å². The van der Waals surface area contributed by atoms with Gasteiger partial charge in [-0.25, -0.2) is 4.99 Å². The van der Waals surface area contributed by atoms with Crippen LogP contribution in [0.15, 0.2) is 4.99 Å². The van der Waals surface area contributed by atoms with E-state index in [0.29, 0.717) is 25.2 Å². The first kappa shape index (κ1) is 25.4. The quantitative estimate of drug-likeness (QED) is 0.197. The predicted octanol–water partition coefficient (Wildman–Crippen LogP) is 0.908. The summed E-state index contributed by atoms with van der Waals surface area (Å²) in [5.41, 5.74) is 0. The second-order valence-electron chi connectivity index (χ2n) is 7.40. The largest absolute Gasteiger partial charge is 0.379 e. The van der Waals surface area contributed by atoms with Crippen LogP contribution in [-0.2, 0) is 14.3 Å². The average molecular weight is 511 g/mol. The fourth-order valence-corrected chi connectivity index (χ4v) is 3.39. The molecule has 164 valence electrons.